The van der Waals surface area contributed by atoms with Gasteiger partial charge in [0.25, 0.3) is 0 Å². The summed E-state index contributed by atoms with van der Waals surface area (Å²) in [5, 5.41) is 0. The third-order valence-corrected chi connectivity index (χ3v) is 6.19. The molecule has 0 radical (unpaired) electrons. The molecule has 8 nitrogen and oxygen atoms in total. The first-order chi connectivity index (χ1) is 14.0. The molecule has 1 fully saturated rings. The van der Waals surface area contributed by atoms with Gasteiger partial charge >= 0.3 is 5.97 Å². The molecule has 0 amide bonds. The molecule has 0 spiro atoms. The molecule has 154 valence electrons. The zero-order chi connectivity index (χ0) is 20.7. The molecule has 1 aliphatic rings. The number of morpholine rings is 1. The Bertz CT molecular complexity index is 968. The summed E-state index contributed by atoms with van der Waals surface area (Å²) in [6.07, 6.45) is 0.640. The number of esters is 1. The van der Waals surface area contributed by atoms with Gasteiger partial charge in [-0.05, 0) is 29.8 Å². The fraction of sp³-hybridized carbons (Fsp3) is 0.300. The number of hydrogen-bond acceptors (Lipinski definition) is 7. The molecular formula is C20H21NO7S. The third-order valence-electron chi connectivity index (χ3n) is 4.30. The summed E-state index contributed by atoms with van der Waals surface area (Å²) in [6, 6.07) is 12.8. The lowest BCUT2D eigenvalue weighted by Crippen LogP contribution is -2.40. The SMILES string of the molecule is O=Cc1ccccc1OCC(=O)OCc1cccc(S(=O)(=O)N2CCOCC2)c1. The molecule has 0 saturated carbocycles. The molecule has 1 heterocycles. The lowest BCUT2D eigenvalue weighted by atomic mass is 10.2. The Kier molecular flexibility index (Phi) is 6.97. The number of nitrogens with zero attached hydrogens (tertiary/aromatic N) is 1. The largest absolute Gasteiger partial charge is 0.481 e. The Morgan fingerprint density at radius 2 is 1.86 bits per heavy atom. The van der Waals surface area contributed by atoms with Gasteiger partial charge in [-0.3, -0.25) is 4.79 Å². The molecule has 0 aromatic heterocycles. The van der Waals surface area contributed by atoms with Crippen LogP contribution in [0, 0.1) is 0 Å². The Balaban J connectivity index is 1.57. The van der Waals surface area contributed by atoms with E-state index in [2.05, 4.69) is 0 Å². The predicted octanol–water partition coefficient (Wildman–Crippen LogP) is 1.64. The Hall–Kier alpha value is -2.75. The van der Waals surface area contributed by atoms with E-state index in [4.69, 9.17) is 14.2 Å². The lowest BCUT2D eigenvalue weighted by molar-refractivity contribution is -0.147. The molecule has 1 aliphatic heterocycles. The summed E-state index contributed by atoms with van der Waals surface area (Å²) < 4.78 is 42.5. The van der Waals surface area contributed by atoms with Crippen molar-refractivity contribution in [1.29, 1.82) is 0 Å². The highest BCUT2D eigenvalue weighted by Gasteiger charge is 2.26. The number of hydrogen-bond donors (Lipinski definition) is 0. The van der Waals surface area contributed by atoms with Crippen molar-refractivity contribution in [2.45, 2.75) is 11.5 Å². The van der Waals surface area contributed by atoms with Crippen LogP contribution in [0.2, 0.25) is 0 Å². The van der Waals surface area contributed by atoms with Gasteiger partial charge in [0, 0.05) is 13.1 Å². The molecule has 9 heteroatoms. The Morgan fingerprint density at radius 1 is 1.10 bits per heavy atom. The maximum Gasteiger partial charge on any atom is 0.344 e. The Morgan fingerprint density at radius 3 is 2.62 bits per heavy atom. The molecule has 0 bridgehead atoms. The van der Waals surface area contributed by atoms with Crippen LogP contribution >= 0.6 is 0 Å². The van der Waals surface area contributed by atoms with Gasteiger partial charge in [0.2, 0.25) is 10.0 Å². The number of ether oxygens (including phenoxy) is 3. The summed E-state index contributed by atoms with van der Waals surface area (Å²) >= 11 is 0. The highest BCUT2D eigenvalue weighted by molar-refractivity contribution is 7.89. The first-order valence-electron chi connectivity index (χ1n) is 9.00. The van der Waals surface area contributed by atoms with Crippen LogP contribution in [0.15, 0.2) is 53.4 Å². The van der Waals surface area contributed by atoms with E-state index in [0.717, 1.165) is 0 Å². The Labute approximate surface area is 169 Å². The number of aldehydes is 1. The van der Waals surface area contributed by atoms with E-state index >= 15 is 0 Å². The summed E-state index contributed by atoms with van der Waals surface area (Å²) in [6.45, 7) is 0.885. The highest BCUT2D eigenvalue weighted by atomic mass is 32.2. The van der Waals surface area contributed by atoms with Crippen LogP contribution in [-0.2, 0) is 30.9 Å². The van der Waals surface area contributed by atoms with Crippen molar-refractivity contribution in [2.24, 2.45) is 0 Å². The second kappa shape index (κ2) is 9.64. The van der Waals surface area contributed by atoms with Crippen LogP contribution < -0.4 is 4.74 Å². The second-order valence-corrected chi connectivity index (χ2v) is 8.21. The third kappa shape index (κ3) is 5.41. The van der Waals surface area contributed by atoms with Crippen molar-refractivity contribution in [3.8, 4) is 5.75 Å². The van der Waals surface area contributed by atoms with E-state index in [1.54, 1.807) is 36.4 Å². The van der Waals surface area contributed by atoms with Gasteiger partial charge in [0.05, 0.1) is 23.7 Å². The van der Waals surface area contributed by atoms with E-state index < -0.39 is 16.0 Å². The van der Waals surface area contributed by atoms with Crippen molar-refractivity contribution in [2.75, 3.05) is 32.9 Å². The average molecular weight is 419 g/mol. The summed E-state index contributed by atoms with van der Waals surface area (Å²) in [5.41, 5.74) is 0.877. The molecule has 1 saturated heterocycles. The van der Waals surface area contributed by atoms with E-state index in [9.17, 15) is 18.0 Å². The molecule has 29 heavy (non-hydrogen) atoms. The first-order valence-corrected chi connectivity index (χ1v) is 10.4. The minimum absolute atomic E-state index is 0.0933. The van der Waals surface area contributed by atoms with E-state index in [-0.39, 0.29) is 23.9 Å². The molecule has 0 atom stereocenters. The van der Waals surface area contributed by atoms with E-state index in [1.807, 2.05) is 0 Å². The number of benzene rings is 2. The van der Waals surface area contributed by atoms with Gasteiger partial charge in [-0.15, -0.1) is 0 Å². The number of sulfonamides is 1. The van der Waals surface area contributed by atoms with Crippen molar-refractivity contribution < 1.29 is 32.2 Å². The highest BCUT2D eigenvalue weighted by Crippen LogP contribution is 2.19. The fourth-order valence-corrected chi connectivity index (χ4v) is 4.26. The predicted molar refractivity (Wildman–Crippen MR) is 103 cm³/mol. The maximum absolute atomic E-state index is 12.7. The molecule has 3 rings (SSSR count). The molecule has 0 unspecified atom stereocenters. The standard InChI is InChI=1S/C20H21NO7S/c22-13-17-5-1-2-7-19(17)27-15-20(23)28-14-16-4-3-6-18(12-16)29(24,25)21-8-10-26-11-9-21/h1-7,12-13H,8-11,14-15H2. The van der Waals surface area contributed by atoms with Gasteiger partial charge in [-0.2, -0.15) is 4.31 Å². The minimum Gasteiger partial charge on any atom is -0.481 e. The van der Waals surface area contributed by atoms with Gasteiger partial charge in [-0.25, -0.2) is 13.2 Å². The smallest absolute Gasteiger partial charge is 0.344 e. The summed E-state index contributed by atoms with van der Waals surface area (Å²) in [7, 11) is -3.62. The van der Waals surface area contributed by atoms with Crippen LogP contribution in [0.5, 0.6) is 5.75 Å². The van der Waals surface area contributed by atoms with Crippen molar-refractivity contribution in [3.63, 3.8) is 0 Å². The normalized spacial score (nSPS) is 14.9. The topological polar surface area (TPSA) is 99.2 Å². The zero-order valence-corrected chi connectivity index (χ0v) is 16.5. The van der Waals surface area contributed by atoms with Crippen LogP contribution in [-0.4, -0.2) is 57.9 Å². The lowest BCUT2D eigenvalue weighted by Gasteiger charge is -2.26. The molecule has 0 aliphatic carbocycles. The van der Waals surface area contributed by atoms with Crippen molar-refractivity contribution in [1.82, 2.24) is 4.31 Å². The van der Waals surface area contributed by atoms with Gasteiger partial charge < -0.3 is 14.2 Å². The minimum atomic E-state index is -3.62. The first kappa shape index (κ1) is 21.0. The molecule has 0 N–H and O–H groups in total. The molecule has 2 aromatic carbocycles. The number of carbonyl (C=O) groups excluding carboxylic acids is 2. The molecular weight excluding hydrogens is 398 g/mol. The average Bonchev–Trinajstić information content (AvgIpc) is 2.77. The van der Waals surface area contributed by atoms with Gasteiger partial charge in [0.15, 0.2) is 12.9 Å². The second-order valence-electron chi connectivity index (χ2n) is 6.27. The zero-order valence-electron chi connectivity index (χ0n) is 15.7. The summed E-state index contributed by atoms with van der Waals surface area (Å²) in [5.74, 6) is -0.342. The van der Waals surface area contributed by atoms with E-state index in [0.29, 0.717) is 43.7 Å². The van der Waals surface area contributed by atoms with Crippen molar-refractivity contribution in [3.05, 3.63) is 59.7 Å². The maximum atomic E-state index is 12.7. The van der Waals surface area contributed by atoms with Gasteiger partial charge in [-0.1, -0.05) is 24.3 Å². The summed E-state index contributed by atoms with van der Waals surface area (Å²) in [4.78, 5) is 23.0. The number of carbonyl (C=O) groups is 2. The van der Waals surface area contributed by atoms with E-state index in [1.165, 1.54) is 16.4 Å². The number of para-hydroxylation sites is 1. The van der Waals surface area contributed by atoms with Crippen LogP contribution in [0.25, 0.3) is 0 Å². The molecule has 2 aromatic rings. The van der Waals surface area contributed by atoms with Crippen molar-refractivity contribution >= 4 is 22.3 Å². The monoisotopic (exact) mass is 419 g/mol. The number of rotatable bonds is 8. The quantitative estimate of drug-likeness (QED) is 0.474. The fourth-order valence-electron chi connectivity index (χ4n) is 2.78. The van der Waals surface area contributed by atoms with Crippen LogP contribution in [0.1, 0.15) is 15.9 Å². The van der Waals surface area contributed by atoms with Crippen LogP contribution in [0.4, 0.5) is 0 Å². The van der Waals surface area contributed by atoms with Crippen LogP contribution in [0.3, 0.4) is 0 Å². The van der Waals surface area contributed by atoms with Gasteiger partial charge in [0.1, 0.15) is 12.4 Å².